The van der Waals surface area contributed by atoms with Crippen LogP contribution < -0.4 is 5.32 Å². The maximum atomic E-state index is 8.78. The molecule has 1 fully saturated rings. The zero-order valence-corrected chi connectivity index (χ0v) is 8.16. The minimum atomic E-state index is 0.238. The number of rotatable bonds is 5. The molecule has 0 aromatic heterocycles. The third-order valence-electron chi connectivity index (χ3n) is 2.15. The Kier molecular flexibility index (Phi) is 5.31. The molecule has 2 unspecified atom stereocenters. The number of aliphatic hydroxyl groups is 1. The summed E-state index contributed by atoms with van der Waals surface area (Å²) in [5.41, 5.74) is 0. The molecule has 1 saturated heterocycles. The van der Waals surface area contributed by atoms with Gasteiger partial charge in [0.05, 0.1) is 12.7 Å². The number of nitrogens with one attached hydrogen (secondary N) is 1. The Morgan fingerprint density at radius 3 is 3.08 bits per heavy atom. The van der Waals surface area contributed by atoms with Crippen LogP contribution in [0, 0.1) is 5.92 Å². The predicted octanol–water partition coefficient (Wildman–Crippen LogP) is -0.0326. The van der Waals surface area contributed by atoms with E-state index in [2.05, 4.69) is 5.32 Å². The molecule has 0 spiro atoms. The number of hydrogen-bond acceptors (Lipinski definition) is 4. The van der Waals surface area contributed by atoms with Gasteiger partial charge in [0, 0.05) is 13.2 Å². The molecule has 0 amide bonds. The Morgan fingerprint density at radius 2 is 2.46 bits per heavy atom. The SMILES string of the molecule is CC(CO)CNCC1CCOCO1. The Bertz CT molecular complexity index is 126. The molecule has 1 rings (SSSR count). The molecular weight excluding hydrogens is 170 g/mol. The minimum absolute atomic E-state index is 0.238. The summed E-state index contributed by atoms with van der Waals surface area (Å²) in [6, 6.07) is 0. The van der Waals surface area contributed by atoms with E-state index < -0.39 is 0 Å². The summed E-state index contributed by atoms with van der Waals surface area (Å²) in [4.78, 5) is 0. The zero-order chi connectivity index (χ0) is 9.52. The molecule has 4 nitrogen and oxygen atoms in total. The first kappa shape index (κ1) is 10.9. The maximum absolute atomic E-state index is 8.78. The molecule has 0 bridgehead atoms. The molecule has 1 aliphatic heterocycles. The van der Waals surface area contributed by atoms with Gasteiger partial charge in [0.25, 0.3) is 0 Å². The molecule has 1 aliphatic rings. The van der Waals surface area contributed by atoms with E-state index in [-0.39, 0.29) is 12.7 Å². The fourth-order valence-corrected chi connectivity index (χ4v) is 1.22. The molecule has 0 aliphatic carbocycles. The predicted molar refractivity (Wildman–Crippen MR) is 49.4 cm³/mol. The Balaban J connectivity index is 1.98. The van der Waals surface area contributed by atoms with Gasteiger partial charge in [-0.05, 0) is 18.9 Å². The lowest BCUT2D eigenvalue weighted by molar-refractivity contribution is -0.137. The normalized spacial score (nSPS) is 25.8. The molecule has 0 radical (unpaired) electrons. The van der Waals surface area contributed by atoms with Crippen molar-refractivity contribution in [3.05, 3.63) is 0 Å². The van der Waals surface area contributed by atoms with E-state index in [1.54, 1.807) is 0 Å². The molecule has 13 heavy (non-hydrogen) atoms. The van der Waals surface area contributed by atoms with Gasteiger partial charge in [-0.2, -0.15) is 0 Å². The molecule has 0 aromatic carbocycles. The monoisotopic (exact) mass is 189 g/mol. The first-order valence-corrected chi connectivity index (χ1v) is 4.84. The van der Waals surface area contributed by atoms with Crippen molar-refractivity contribution in [2.75, 3.05) is 33.1 Å². The average Bonchev–Trinajstić information content (AvgIpc) is 2.19. The quantitative estimate of drug-likeness (QED) is 0.637. The van der Waals surface area contributed by atoms with Crippen molar-refractivity contribution in [3.8, 4) is 0 Å². The van der Waals surface area contributed by atoms with Gasteiger partial charge in [-0.3, -0.25) is 0 Å². The van der Waals surface area contributed by atoms with Crippen LogP contribution in [0.15, 0.2) is 0 Å². The fourth-order valence-electron chi connectivity index (χ4n) is 1.22. The van der Waals surface area contributed by atoms with Gasteiger partial charge in [0.2, 0.25) is 0 Å². The summed E-state index contributed by atoms with van der Waals surface area (Å²) in [5, 5.41) is 12.0. The van der Waals surface area contributed by atoms with Crippen LogP contribution in [0.4, 0.5) is 0 Å². The molecule has 4 heteroatoms. The largest absolute Gasteiger partial charge is 0.396 e. The van der Waals surface area contributed by atoms with Crippen molar-refractivity contribution < 1.29 is 14.6 Å². The van der Waals surface area contributed by atoms with Crippen LogP contribution >= 0.6 is 0 Å². The van der Waals surface area contributed by atoms with E-state index in [9.17, 15) is 0 Å². The van der Waals surface area contributed by atoms with E-state index in [1.165, 1.54) is 0 Å². The van der Waals surface area contributed by atoms with Crippen molar-refractivity contribution in [1.82, 2.24) is 5.32 Å². The molecular formula is C9H19NO3. The second kappa shape index (κ2) is 6.32. The van der Waals surface area contributed by atoms with E-state index in [4.69, 9.17) is 14.6 Å². The first-order chi connectivity index (χ1) is 6.33. The molecule has 78 valence electrons. The van der Waals surface area contributed by atoms with Crippen LogP contribution in [0.5, 0.6) is 0 Å². The van der Waals surface area contributed by atoms with Gasteiger partial charge in [-0.1, -0.05) is 6.92 Å². The topological polar surface area (TPSA) is 50.7 Å². The van der Waals surface area contributed by atoms with E-state index in [0.29, 0.717) is 12.7 Å². The van der Waals surface area contributed by atoms with Gasteiger partial charge in [0.15, 0.2) is 0 Å². The lowest BCUT2D eigenvalue weighted by Gasteiger charge is -2.23. The minimum Gasteiger partial charge on any atom is -0.396 e. The fraction of sp³-hybridized carbons (Fsp3) is 1.00. The number of ether oxygens (including phenoxy) is 2. The van der Waals surface area contributed by atoms with Crippen LogP contribution in [0.3, 0.4) is 0 Å². The Labute approximate surface area is 79.2 Å². The van der Waals surface area contributed by atoms with Crippen LogP contribution in [0.25, 0.3) is 0 Å². The Hall–Kier alpha value is -0.160. The number of aliphatic hydroxyl groups excluding tert-OH is 1. The summed E-state index contributed by atoms with van der Waals surface area (Å²) in [5.74, 6) is 0.319. The van der Waals surface area contributed by atoms with E-state index in [1.807, 2.05) is 6.92 Å². The summed E-state index contributed by atoms with van der Waals surface area (Å²) < 4.78 is 10.4. The van der Waals surface area contributed by atoms with Gasteiger partial charge in [-0.15, -0.1) is 0 Å². The molecule has 2 N–H and O–H groups in total. The second-order valence-electron chi connectivity index (χ2n) is 3.55. The van der Waals surface area contributed by atoms with E-state index >= 15 is 0 Å². The maximum Gasteiger partial charge on any atom is 0.147 e. The van der Waals surface area contributed by atoms with Crippen LogP contribution in [0.1, 0.15) is 13.3 Å². The highest BCUT2D eigenvalue weighted by molar-refractivity contribution is 4.64. The second-order valence-corrected chi connectivity index (χ2v) is 3.55. The van der Waals surface area contributed by atoms with Crippen LogP contribution in [0.2, 0.25) is 0 Å². The average molecular weight is 189 g/mol. The van der Waals surface area contributed by atoms with Gasteiger partial charge in [-0.25, -0.2) is 0 Å². The Morgan fingerprint density at radius 1 is 1.62 bits per heavy atom. The summed E-state index contributed by atoms with van der Waals surface area (Å²) in [7, 11) is 0. The van der Waals surface area contributed by atoms with Crippen molar-refractivity contribution in [1.29, 1.82) is 0 Å². The summed E-state index contributed by atoms with van der Waals surface area (Å²) >= 11 is 0. The standard InChI is InChI=1S/C9H19NO3/c1-8(6-11)4-10-5-9-2-3-12-7-13-9/h8-11H,2-7H2,1H3. The van der Waals surface area contributed by atoms with E-state index in [0.717, 1.165) is 26.1 Å². The third kappa shape index (κ3) is 4.57. The molecule has 1 heterocycles. The van der Waals surface area contributed by atoms with Gasteiger partial charge >= 0.3 is 0 Å². The highest BCUT2D eigenvalue weighted by Crippen LogP contribution is 2.04. The number of hydrogen-bond donors (Lipinski definition) is 2. The lowest BCUT2D eigenvalue weighted by Crippen LogP contribution is -2.36. The van der Waals surface area contributed by atoms with Crippen LogP contribution in [-0.2, 0) is 9.47 Å². The first-order valence-electron chi connectivity index (χ1n) is 4.84. The smallest absolute Gasteiger partial charge is 0.147 e. The molecule has 0 saturated carbocycles. The molecule has 0 aromatic rings. The van der Waals surface area contributed by atoms with Gasteiger partial charge < -0.3 is 19.9 Å². The lowest BCUT2D eigenvalue weighted by atomic mass is 10.2. The van der Waals surface area contributed by atoms with Crippen molar-refractivity contribution >= 4 is 0 Å². The van der Waals surface area contributed by atoms with Gasteiger partial charge in [0.1, 0.15) is 6.79 Å². The van der Waals surface area contributed by atoms with Crippen molar-refractivity contribution in [2.45, 2.75) is 19.4 Å². The molecule has 2 atom stereocenters. The summed E-state index contributed by atoms with van der Waals surface area (Å²) in [6.45, 7) is 5.16. The zero-order valence-electron chi connectivity index (χ0n) is 8.16. The third-order valence-corrected chi connectivity index (χ3v) is 2.15. The van der Waals surface area contributed by atoms with Crippen molar-refractivity contribution in [3.63, 3.8) is 0 Å². The summed E-state index contributed by atoms with van der Waals surface area (Å²) in [6.07, 6.45) is 1.24. The van der Waals surface area contributed by atoms with Crippen molar-refractivity contribution in [2.24, 2.45) is 5.92 Å². The highest BCUT2D eigenvalue weighted by atomic mass is 16.7. The highest BCUT2D eigenvalue weighted by Gasteiger charge is 2.13. The van der Waals surface area contributed by atoms with Crippen LogP contribution in [-0.4, -0.2) is 44.3 Å².